The molecule has 4 nitrogen and oxygen atoms in total. The normalized spacial score (nSPS) is 29.6. The number of nitrogens with zero attached hydrogens (tertiary/aromatic N) is 1. The summed E-state index contributed by atoms with van der Waals surface area (Å²) in [6.45, 7) is 7.40. The number of hydrogen-bond acceptors (Lipinski definition) is 4. The smallest absolute Gasteiger partial charge is 0.0682 e. The molecule has 0 aromatic carbocycles. The van der Waals surface area contributed by atoms with Crippen LogP contribution >= 0.6 is 0 Å². The maximum atomic E-state index is 9.48. The number of hydrogen-bond donors (Lipinski definition) is 2. The van der Waals surface area contributed by atoms with Crippen LogP contribution in [-0.4, -0.2) is 61.5 Å². The molecule has 1 aliphatic heterocycles. The lowest BCUT2D eigenvalue weighted by Gasteiger charge is -2.22. The minimum Gasteiger partial charge on any atom is -0.392 e. The van der Waals surface area contributed by atoms with Crippen molar-refractivity contribution >= 4 is 0 Å². The first-order valence-corrected chi connectivity index (χ1v) is 5.83. The minimum absolute atomic E-state index is 0.149. The van der Waals surface area contributed by atoms with Gasteiger partial charge in [-0.2, -0.15) is 0 Å². The molecule has 0 aromatic heterocycles. The zero-order chi connectivity index (χ0) is 11.3. The third kappa shape index (κ3) is 4.47. The highest BCUT2D eigenvalue weighted by molar-refractivity contribution is 4.84. The van der Waals surface area contributed by atoms with Gasteiger partial charge in [-0.15, -0.1) is 0 Å². The number of aliphatic hydroxyl groups excluding tert-OH is 1. The van der Waals surface area contributed by atoms with Gasteiger partial charge in [0, 0.05) is 31.8 Å². The Morgan fingerprint density at radius 2 is 2.33 bits per heavy atom. The number of nitrogens with one attached hydrogen (secondary N) is 1. The molecule has 15 heavy (non-hydrogen) atoms. The topological polar surface area (TPSA) is 44.7 Å². The Morgan fingerprint density at radius 3 is 2.87 bits per heavy atom. The Labute approximate surface area is 92.6 Å². The number of aliphatic hydroxyl groups is 1. The molecule has 0 aliphatic carbocycles. The van der Waals surface area contributed by atoms with Gasteiger partial charge in [-0.1, -0.05) is 0 Å². The molecule has 1 aliphatic rings. The summed E-state index contributed by atoms with van der Waals surface area (Å²) in [7, 11) is 2.07. The molecule has 0 spiro atoms. The van der Waals surface area contributed by atoms with Crippen molar-refractivity contribution < 1.29 is 9.84 Å². The van der Waals surface area contributed by atoms with Gasteiger partial charge in [-0.3, -0.25) is 4.90 Å². The van der Waals surface area contributed by atoms with E-state index in [1.165, 1.54) is 0 Å². The van der Waals surface area contributed by atoms with Gasteiger partial charge in [-0.05, 0) is 27.3 Å². The lowest BCUT2D eigenvalue weighted by Crippen LogP contribution is -2.40. The van der Waals surface area contributed by atoms with Crippen LogP contribution in [0.2, 0.25) is 0 Å². The Balaban J connectivity index is 2.13. The first-order valence-electron chi connectivity index (χ1n) is 5.83. The summed E-state index contributed by atoms with van der Waals surface area (Å²) in [5.41, 5.74) is 0. The average Bonchev–Trinajstić information content (AvgIpc) is 2.51. The molecule has 90 valence electrons. The molecule has 3 atom stereocenters. The summed E-state index contributed by atoms with van der Waals surface area (Å²) in [4.78, 5) is 2.21. The highest BCUT2D eigenvalue weighted by Crippen LogP contribution is 2.14. The molecule has 0 radical (unpaired) electrons. The summed E-state index contributed by atoms with van der Waals surface area (Å²) < 4.78 is 5.33. The highest BCUT2D eigenvalue weighted by atomic mass is 16.5. The lowest BCUT2D eigenvalue weighted by molar-refractivity contribution is 0.125. The number of rotatable bonds is 6. The fraction of sp³-hybridized carbons (Fsp3) is 1.00. The van der Waals surface area contributed by atoms with E-state index in [9.17, 15) is 5.11 Å². The van der Waals surface area contributed by atoms with Crippen molar-refractivity contribution in [2.75, 3.05) is 33.4 Å². The molecular formula is C11H24N2O2. The summed E-state index contributed by atoms with van der Waals surface area (Å²) in [6, 6.07) is 0.847. The molecule has 0 aromatic rings. The third-order valence-electron chi connectivity index (χ3n) is 2.94. The first-order chi connectivity index (χ1) is 7.13. The molecule has 4 heteroatoms. The maximum Gasteiger partial charge on any atom is 0.0682 e. The fourth-order valence-electron chi connectivity index (χ4n) is 1.98. The summed E-state index contributed by atoms with van der Waals surface area (Å²) in [6.07, 6.45) is 0.731. The molecule has 2 N–H and O–H groups in total. The third-order valence-corrected chi connectivity index (χ3v) is 2.94. The SMILES string of the molecule is CCOCC(C)NC[C@@H]1C[C@@H](O)CN1C. The molecule has 1 unspecified atom stereocenters. The van der Waals surface area contributed by atoms with Crippen molar-refractivity contribution in [2.24, 2.45) is 0 Å². The van der Waals surface area contributed by atoms with Crippen molar-refractivity contribution in [1.82, 2.24) is 10.2 Å². The van der Waals surface area contributed by atoms with E-state index in [0.29, 0.717) is 12.1 Å². The van der Waals surface area contributed by atoms with Crippen LogP contribution in [0, 0.1) is 0 Å². The van der Waals surface area contributed by atoms with E-state index < -0.39 is 0 Å². The Morgan fingerprint density at radius 1 is 1.60 bits per heavy atom. The molecule has 1 fully saturated rings. The van der Waals surface area contributed by atoms with Gasteiger partial charge in [0.05, 0.1) is 12.7 Å². The largest absolute Gasteiger partial charge is 0.392 e. The van der Waals surface area contributed by atoms with Gasteiger partial charge in [0.25, 0.3) is 0 Å². The minimum atomic E-state index is -0.149. The van der Waals surface area contributed by atoms with Crippen LogP contribution < -0.4 is 5.32 Å². The van der Waals surface area contributed by atoms with Crippen LogP contribution in [0.15, 0.2) is 0 Å². The van der Waals surface area contributed by atoms with Crippen molar-refractivity contribution in [3.8, 4) is 0 Å². The van der Waals surface area contributed by atoms with E-state index in [-0.39, 0.29) is 6.10 Å². The predicted molar refractivity (Wildman–Crippen MR) is 61.0 cm³/mol. The molecule has 1 saturated heterocycles. The average molecular weight is 216 g/mol. The van der Waals surface area contributed by atoms with Crippen LogP contribution in [0.3, 0.4) is 0 Å². The number of β-amino-alcohol motifs (C(OH)–C–C–N with tert-alkyl or cyclic N) is 1. The number of likely N-dealkylation sites (tertiary alicyclic amines) is 1. The second kappa shape index (κ2) is 6.43. The van der Waals surface area contributed by atoms with Gasteiger partial charge < -0.3 is 15.2 Å². The van der Waals surface area contributed by atoms with Crippen LogP contribution in [0.4, 0.5) is 0 Å². The van der Waals surface area contributed by atoms with Crippen LogP contribution in [0.1, 0.15) is 20.3 Å². The van der Waals surface area contributed by atoms with Crippen molar-refractivity contribution in [3.63, 3.8) is 0 Å². The lowest BCUT2D eigenvalue weighted by atomic mass is 10.2. The van der Waals surface area contributed by atoms with Crippen LogP contribution in [0.5, 0.6) is 0 Å². The number of likely N-dealkylation sites (N-methyl/N-ethyl adjacent to an activating group) is 1. The quantitative estimate of drug-likeness (QED) is 0.659. The number of ether oxygens (including phenoxy) is 1. The van der Waals surface area contributed by atoms with Crippen LogP contribution in [0.25, 0.3) is 0 Å². The molecule has 1 rings (SSSR count). The van der Waals surface area contributed by atoms with E-state index in [2.05, 4.69) is 24.2 Å². The highest BCUT2D eigenvalue weighted by Gasteiger charge is 2.27. The summed E-state index contributed by atoms with van der Waals surface area (Å²) >= 11 is 0. The van der Waals surface area contributed by atoms with Gasteiger partial charge in [0.15, 0.2) is 0 Å². The Bertz CT molecular complexity index is 178. The van der Waals surface area contributed by atoms with Gasteiger partial charge in [-0.25, -0.2) is 0 Å². The Kier molecular flexibility index (Phi) is 5.53. The van der Waals surface area contributed by atoms with Crippen molar-refractivity contribution in [2.45, 2.75) is 38.5 Å². The van der Waals surface area contributed by atoms with Crippen molar-refractivity contribution in [1.29, 1.82) is 0 Å². The second-order valence-corrected chi connectivity index (χ2v) is 4.45. The summed E-state index contributed by atoms with van der Waals surface area (Å²) in [5.74, 6) is 0. The van der Waals surface area contributed by atoms with E-state index >= 15 is 0 Å². The maximum absolute atomic E-state index is 9.48. The molecule has 0 bridgehead atoms. The van der Waals surface area contributed by atoms with E-state index in [1.807, 2.05) is 6.92 Å². The molecule has 1 heterocycles. The Hall–Kier alpha value is -0.160. The second-order valence-electron chi connectivity index (χ2n) is 4.45. The fourth-order valence-corrected chi connectivity index (χ4v) is 1.98. The molecule has 0 amide bonds. The zero-order valence-electron chi connectivity index (χ0n) is 10.1. The zero-order valence-corrected chi connectivity index (χ0v) is 10.1. The van der Waals surface area contributed by atoms with E-state index in [4.69, 9.17) is 4.74 Å². The summed E-state index contributed by atoms with van der Waals surface area (Å²) in [5, 5.41) is 12.9. The van der Waals surface area contributed by atoms with Gasteiger partial charge in [0.1, 0.15) is 0 Å². The monoisotopic (exact) mass is 216 g/mol. The van der Waals surface area contributed by atoms with Gasteiger partial charge >= 0.3 is 0 Å². The van der Waals surface area contributed by atoms with Crippen LogP contribution in [-0.2, 0) is 4.74 Å². The van der Waals surface area contributed by atoms with E-state index in [1.54, 1.807) is 0 Å². The van der Waals surface area contributed by atoms with E-state index in [0.717, 1.165) is 32.7 Å². The first kappa shape index (κ1) is 12.9. The van der Waals surface area contributed by atoms with Crippen molar-refractivity contribution in [3.05, 3.63) is 0 Å². The molecule has 0 saturated carbocycles. The molecular weight excluding hydrogens is 192 g/mol. The van der Waals surface area contributed by atoms with Gasteiger partial charge in [0.2, 0.25) is 0 Å². The predicted octanol–water partition coefficient (Wildman–Crippen LogP) is 0.0660. The standard InChI is InChI=1S/C11H24N2O2/c1-4-15-8-9(2)12-6-10-5-11(14)7-13(10)3/h9-12,14H,4-8H2,1-3H3/t9?,10-,11+/m0/s1.